The number of esters is 1. The van der Waals surface area contributed by atoms with Crippen molar-refractivity contribution in [3.63, 3.8) is 0 Å². The van der Waals surface area contributed by atoms with Crippen LogP contribution >= 0.6 is 0 Å². The fourth-order valence-electron chi connectivity index (χ4n) is 2.86. The van der Waals surface area contributed by atoms with Gasteiger partial charge in [-0.1, -0.05) is 38.0 Å². The van der Waals surface area contributed by atoms with E-state index in [0.717, 1.165) is 18.9 Å². The number of rotatable bonds is 6. The molecule has 26 heavy (non-hydrogen) atoms. The Morgan fingerprint density at radius 1 is 0.962 bits per heavy atom. The third kappa shape index (κ3) is 4.07. The summed E-state index contributed by atoms with van der Waals surface area (Å²) >= 11 is 0. The van der Waals surface area contributed by atoms with Gasteiger partial charge in [0.05, 0.1) is 5.56 Å². The number of ether oxygens (including phenoxy) is 1. The first kappa shape index (κ1) is 18.1. The van der Waals surface area contributed by atoms with E-state index >= 15 is 0 Å². The summed E-state index contributed by atoms with van der Waals surface area (Å²) in [5.41, 5.74) is 1.65. The molecule has 4 heteroatoms. The molecule has 0 saturated carbocycles. The summed E-state index contributed by atoms with van der Waals surface area (Å²) in [5, 5.41) is 0.627. The van der Waals surface area contributed by atoms with E-state index in [0.29, 0.717) is 16.7 Å². The summed E-state index contributed by atoms with van der Waals surface area (Å²) in [4.78, 5) is 12.3. The largest absolute Gasteiger partial charge is 0.423 e. The van der Waals surface area contributed by atoms with Crippen molar-refractivity contribution < 1.29 is 18.3 Å². The van der Waals surface area contributed by atoms with Crippen molar-refractivity contribution in [2.45, 2.75) is 32.6 Å². The molecule has 0 amide bonds. The first-order valence-electron chi connectivity index (χ1n) is 8.77. The number of hydrogen-bond acceptors (Lipinski definition) is 2. The van der Waals surface area contributed by atoms with Crippen LogP contribution in [0, 0.1) is 11.6 Å². The summed E-state index contributed by atoms with van der Waals surface area (Å²) < 4.78 is 32.3. The number of halogens is 2. The van der Waals surface area contributed by atoms with E-state index in [1.807, 2.05) is 12.1 Å². The van der Waals surface area contributed by atoms with Crippen LogP contribution in [0.1, 0.15) is 42.1 Å². The van der Waals surface area contributed by atoms with E-state index in [4.69, 9.17) is 4.74 Å². The van der Waals surface area contributed by atoms with Gasteiger partial charge in [-0.2, -0.15) is 0 Å². The Hall–Kier alpha value is -2.75. The maximum absolute atomic E-state index is 13.7. The second-order valence-corrected chi connectivity index (χ2v) is 6.29. The Bertz CT molecular complexity index is 917. The lowest BCUT2D eigenvalue weighted by atomic mass is 10.1. The third-order valence-corrected chi connectivity index (χ3v) is 4.35. The minimum absolute atomic E-state index is 0.154. The van der Waals surface area contributed by atoms with E-state index in [1.54, 1.807) is 12.1 Å². The fraction of sp³-hybridized carbons (Fsp3) is 0.227. The van der Waals surface area contributed by atoms with Gasteiger partial charge >= 0.3 is 5.97 Å². The van der Waals surface area contributed by atoms with Gasteiger partial charge in [-0.3, -0.25) is 0 Å². The average molecular weight is 354 g/mol. The fourth-order valence-corrected chi connectivity index (χ4v) is 2.86. The van der Waals surface area contributed by atoms with Crippen molar-refractivity contribution in [1.29, 1.82) is 0 Å². The van der Waals surface area contributed by atoms with Crippen LogP contribution in [0.3, 0.4) is 0 Å². The highest BCUT2D eigenvalue weighted by Crippen LogP contribution is 2.25. The van der Waals surface area contributed by atoms with Crippen molar-refractivity contribution in [2.75, 3.05) is 0 Å². The molecule has 0 spiro atoms. The second-order valence-electron chi connectivity index (χ2n) is 6.29. The predicted octanol–water partition coefficient (Wildman–Crippen LogP) is 6.07. The average Bonchev–Trinajstić information content (AvgIpc) is 2.65. The van der Waals surface area contributed by atoms with Gasteiger partial charge in [0.25, 0.3) is 0 Å². The molecular weight excluding hydrogens is 334 g/mol. The van der Waals surface area contributed by atoms with E-state index < -0.39 is 17.6 Å². The van der Waals surface area contributed by atoms with E-state index in [2.05, 4.69) is 6.92 Å². The number of benzene rings is 3. The van der Waals surface area contributed by atoms with Gasteiger partial charge in [-0.05, 0) is 60.2 Å². The molecule has 0 fully saturated rings. The van der Waals surface area contributed by atoms with Crippen molar-refractivity contribution in [1.82, 2.24) is 0 Å². The Balaban J connectivity index is 1.71. The smallest absolute Gasteiger partial charge is 0.343 e. The van der Waals surface area contributed by atoms with Gasteiger partial charge in [0.2, 0.25) is 0 Å². The van der Waals surface area contributed by atoms with Crippen LogP contribution in [0.2, 0.25) is 0 Å². The number of aryl methyl sites for hydroxylation is 1. The Morgan fingerprint density at radius 2 is 1.73 bits per heavy atom. The molecule has 134 valence electrons. The normalized spacial score (nSPS) is 10.9. The lowest BCUT2D eigenvalue weighted by Gasteiger charge is -2.07. The van der Waals surface area contributed by atoms with Crippen LogP contribution in [-0.2, 0) is 6.42 Å². The molecule has 3 aromatic carbocycles. The maximum Gasteiger partial charge on any atom is 0.343 e. The summed E-state index contributed by atoms with van der Waals surface area (Å²) in [6.45, 7) is 2.16. The van der Waals surface area contributed by atoms with E-state index in [-0.39, 0.29) is 5.39 Å². The highest BCUT2D eigenvalue weighted by molar-refractivity contribution is 5.92. The molecule has 0 atom stereocenters. The summed E-state index contributed by atoms with van der Waals surface area (Å²) in [6.07, 6.45) is 4.49. The molecule has 0 saturated heterocycles. The van der Waals surface area contributed by atoms with Gasteiger partial charge in [0.15, 0.2) is 11.6 Å². The molecule has 0 aromatic heterocycles. The van der Waals surface area contributed by atoms with E-state index in [9.17, 15) is 13.6 Å². The maximum atomic E-state index is 13.7. The summed E-state index contributed by atoms with van der Waals surface area (Å²) in [5.74, 6) is -1.99. The molecule has 0 radical (unpaired) electrons. The molecule has 0 aliphatic carbocycles. The quantitative estimate of drug-likeness (QED) is 0.305. The first-order chi connectivity index (χ1) is 12.6. The zero-order valence-electron chi connectivity index (χ0n) is 14.6. The van der Waals surface area contributed by atoms with Gasteiger partial charge < -0.3 is 4.74 Å². The van der Waals surface area contributed by atoms with Crippen LogP contribution in [0.15, 0.2) is 54.6 Å². The SMILES string of the molecule is CCCCCc1ccc(C(=O)Oc2ccc3c(F)c(F)ccc3c2)cc1. The molecular formula is C22H20F2O2. The second kappa shape index (κ2) is 8.09. The van der Waals surface area contributed by atoms with Gasteiger partial charge in [-0.15, -0.1) is 0 Å². The standard InChI is InChI=1S/C22H20F2O2/c1-2-3-4-5-15-6-8-16(9-7-15)22(25)26-18-11-12-19-17(14-18)10-13-20(23)21(19)24/h6-14H,2-5H2,1H3. The Kier molecular flexibility index (Phi) is 5.61. The summed E-state index contributed by atoms with van der Waals surface area (Å²) in [6, 6.07) is 14.3. The molecule has 2 nitrogen and oxygen atoms in total. The van der Waals surface area contributed by atoms with Crippen LogP contribution in [0.4, 0.5) is 8.78 Å². The number of unbranched alkanes of at least 4 members (excludes halogenated alkanes) is 2. The molecule has 0 aliphatic heterocycles. The predicted molar refractivity (Wildman–Crippen MR) is 98.5 cm³/mol. The number of carbonyl (C=O) groups excluding carboxylic acids is 1. The monoisotopic (exact) mass is 354 g/mol. The lowest BCUT2D eigenvalue weighted by molar-refractivity contribution is 0.0735. The lowest BCUT2D eigenvalue weighted by Crippen LogP contribution is -2.08. The molecule has 3 aromatic rings. The first-order valence-corrected chi connectivity index (χ1v) is 8.77. The van der Waals surface area contributed by atoms with Crippen LogP contribution in [0.25, 0.3) is 10.8 Å². The van der Waals surface area contributed by atoms with Gasteiger partial charge in [-0.25, -0.2) is 13.6 Å². The van der Waals surface area contributed by atoms with Crippen molar-refractivity contribution in [3.8, 4) is 5.75 Å². The summed E-state index contributed by atoms with van der Waals surface area (Å²) in [7, 11) is 0. The molecule has 0 bridgehead atoms. The number of hydrogen-bond donors (Lipinski definition) is 0. The molecule has 0 unspecified atom stereocenters. The molecule has 3 rings (SSSR count). The highest BCUT2D eigenvalue weighted by Gasteiger charge is 2.11. The highest BCUT2D eigenvalue weighted by atomic mass is 19.2. The minimum Gasteiger partial charge on any atom is -0.423 e. The van der Waals surface area contributed by atoms with Crippen molar-refractivity contribution in [3.05, 3.63) is 77.4 Å². The van der Waals surface area contributed by atoms with Crippen LogP contribution in [0.5, 0.6) is 5.75 Å². The van der Waals surface area contributed by atoms with Gasteiger partial charge in [0.1, 0.15) is 5.75 Å². The topological polar surface area (TPSA) is 26.3 Å². The zero-order chi connectivity index (χ0) is 18.5. The third-order valence-electron chi connectivity index (χ3n) is 4.35. The van der Waals surface area contributed by atoms with Gasteiger partial charge in [0, 0.05) is 5.39 Å². The van der Waals surface area contributed by atoms with Crippen LogP contribution in [-0.4, -0.2) is 5.97 Å². The molecule has 0 N–H and O–H groups in total. The Morgan fingerprint density at radius 3 is 2.46 bits per heavy atom. The van der Waals surface area contributed by atoms with E-state index in [1.165, 1.54) is 42.7 Å². The zero-order valence-corrected chi connectivity index (χ0v) is 14.6. The van der Waals surface area contributed by atoms with Crippen LogP contribution < -0.4 is 4.74 Å². The molecule has 0 aliphatic rings. The number of carbonyl (C=O) groups is 1. The Labute approximate surface area is 151 Å². The van der Waals surface area contributed by atoms with Crippen molar-refractivity contribution in [2.24, 2.45) is 0 Å². The van der Waals surface area contributed by atoms with Crippen molar-refractivity contribution >= 4 is 16.7 Å². The molecule has 0 heterocycles. The number of fused-ring (bicyclic) bond motifs is 1. The minimum atomic E-state index is -0.904.